The van der Waals surface area contributed by atoms with E-state index in [4.69, 9.17) is 4.74 Å². The summed E-state index contributed by atoms with van der Waals surface area (Å²) in [7, 11) is 1.82. The molecule has 1 amide bonds. The van der Waals surface area contributed by atoms with Crippen molar-refractivity contribution in [3.8, 4) is 0 Å². The van der Waals surface area contributed by atoms with Crippen LogP contribution >= 0.6 is 0 Å². The molecule has 1 aromatic rings. The van der Waals surface area contributed by atoms with Gasteiger partial charge in [0, 0.05) is 31.1 Å². The van der Waals surface area contributed by atoms with Gasteiger partial charge in [0.05, 0.1) is 17.0 Å². The van der Waals surface area contributed by atoms with Crippen LogP contribution in [0.3, 0.4) is 0 Å². The molecule has 1 atom stereocenters. The number of aryl methyl sites for hydroxylation is 2. The summed E-state index contributed by atoms with van der Waals surface area (Å²) in [6.45, 7) is 5.45. The van der Waals surface area contributed by atoms with Crippen LogP contribution in [0.15, 0.2) is 17.5 Å². The van der Waals surface area contributed by atoms with Crippen molar-refractivity contribution in [1.29, 1.82) is 0 Å². The van der Waals surface area contributed by atoms with E-state index in [2.05, 4.69) is 10.4 Å². The molecule has 106 valence electrons. The smallest absolute Gasteiger partial charge is 0.337 e. The van der Waals surface area contributed by atoms with Crippen LogP contribution in [0.4, 0.5) is 0 Å². The number of rotatable bonds is 1. The lowest BCUT2D eigenvalue weighted by molar-refractivity contribution is -0.144. The van der Waals surface area contributed by atoms with E-state index in [1.807, 2.05) is 20.2 Å². The summed E-state index contributed by atoms with van der Waals surface area (Å²) in [6.07, 6.45) is 2.11. The first kappa shape index (κ1) is 12.9. The van der Waals surface area contributed by atoms with E-state index in [1.54, 1.807) is 18.5 Å². The first-order chi connectivity index (χ1) is 9.29. The van der Waals surface area contributed by atoms with Gasteiger partial charge in [-0.15, -0.1) is 0 Å². The molecule has 0 bridgehead atoms. The summed E-state index contributed by atoms with van der Waals surface area (Å²) in [5.41, 5.74) is 2.11. The van der Waals surface area contributed by atoms with Gasteiger partial charge in [0.15, 0.2) is 0 Å². The molecule has 6 heteroatoms. The van der Waals surface area contributed by atoms with Crippen molar-refractivity contribution in [2.24, 2.45) is 7.05 Å². The molecule has 0 saturated carbocycles. The zero-order valence-corrected chi connectivity index (χ0v) is 12.0. The molecule has 0 radical (unpaired) electrons. The van der Waals surface area contributed by atoms with Gasteiger partial charge in [-0.05, 0) is 20.8 Å². The Bertz CT molecular complexity index is 655. The maximum atomic E-state index is 12.2. The molecule has 6 nitrogen and oxygen atoms in total. The van der Waals surface area contributed by atoms with Gasteiger partial charge in [0.25, 0.3) is 0 Å². The fourth-order valence-corrected chi connectivity index (χ4v) is 3.00. The maximum Gasteiger partial charge on any atom is 0.337 e. The predicted molar refractivity (Wildman–Crippen MR) is 70.6 cm³/mol. The van der Waals surface area contributed by atoms with Gasteiger partial charge in [-0.2, -0.15) is 5.10 Å². The normalized spacial score (nSPS) is 24.5. The van der Waals surface area contributed by atoms with Crippen molar-refractivity contribution in [3.05, 3.63) is 28.7 Å². The highest BCUT2D eigenvalue weighted by atomic mass is 16.6. The first-order valence-corrected chi connectivity index (χ1v) is 6.57. The minimum Gasteiger partial charge on any atom is -0.450 e. The van der Waals surface area contributed by atoms with Crippen LogP contribution in [-0.4, -0.2) is 27.3 Å². The zero-order chi connectivity index (χ0) is 14.7. The van der Waals surface area contributed by atoms with Gasteiger partial charge >= 0.3 is 5.97 Å². The number of aromatic nitrogens is 2. The van der Waals surface area contributed by atoms with Crippen LogP contribution in [0.25, 0.3) is 0 Å². The molecule has 0 aliphatic carbocycles. The highest BCUT2D eigenvalue weighted by molar-refractivity contribution is 5.99. The Kier molecular flexibility index (Phi) is 2.54. The molecular formula is C14H17N3O3. The monoisotopic (exact) mass is 275 g/mol. The van der Waals surface area contributed by atoms with E-state index in [-0.39, 0.29) is 24.2 Å². The number of esters is 1. The second kappa shape index (κ2) is 3.94. The Morgan fingerprint density at radius 1 is 1.45 bits per heavy atom. The molecule has 2 aliphatic heterocycles. The topological polar surface area (TPSA) is 73.2 Å². The van der Waals surface area contributed by atoms with Crippen LogP contribution in [-0.2, 0) is 21.4 Å². The molecule has 0 saturated heterocycles. The van der Waals surface area contributed by atoms with Crippen LogP contribution in [0.1, 0.15) is 37.4 Å². The average Bonchev–Trinajstić information content (AvgIpc) is 2.76. The number of carbonyl (C=O) groups is 2. The highest BCUT2D eigenvalue weighted by Crippen LogP contribution is 2.43. The van der Waals surface area contributed by atoms with E-state index >= 15 is 0 Å². The van der Waals surface area contributed by atoms with Gasteiger partial charge in [-0.1, -0.05) is 0 Å². The number of ether oxygens (including phenoxy) is 1. The standard InChI is InChI=1S/C14H17N3O3/c1-7-9(6-17(4)16-7)8-5-10(18)15-12-11(8)13(19)20-14(12,2)3/h6,8H,5H2,1-4H3,(H,15,18). The summed E-state index contributed by atoms with van der Waals surface area (Å²) >= 11 is 0. The molecule has 0 aromatic carbocycles. The molecule has 3 heterocycles. The fraction of sp³-hybridized carbons (Fsp3) is 0.500. The first-order valence-electron chi connectivity index (χ1n) is 6.57. The third-order valence-corrected chi connectivity index (χ3v) is 3.87. The minimum absolute atomic E-state index is 0.0941. The summed E-state index contributed by atoms with van der Waals surface area (Å²) < 4.78 is 7.08. The highest BCUT2D eigenvalue weighted by Gasteiger charge is 2.48. The van der Waals surface area contributed by atoms with Gasteiger partial charge in [-0.25, -0.2) is 4.79 Å². The lowest BCUT2D eigenvalue weighted by atomic mass is 9.83. The Balaban J connectivity index is 2.16. The molecule has 0 fully saturated rings. The maximum absolute atomic E-state index is 12.2. The van der Waals surface area contributed by atoms with Crippen LogP contribution in [0, 0.1) is 6.92 Å². The second-order valence-electron chi connectivity index (χ2n) is 5.84. The number of carbonyl (C=O) groups excluding carboxylic acids is 2. The van der Waals surface area contributed by atoms with E-state index in [0.717, 1.165) is 11.3 Å². The predicted octanol–water partition coefficient (Wildman–Crippen LogP) is 0.922. The van der Waals surface area contributed by atoms with E-state index in [1.165, 1.54) is 0 Å². The minimum atomic E-state index is -0.781. The SMILES string of the molecule is Cc1nn(C)cc1C1CC(=O)NC2=C1C(=O)OC2(C)C. The number of nitrogens with zero attached hydrogens (tertiary/aromatic N) is 2. The molecular weight excluding hydrogens is 258 g/mol. The van der Waals surface area contributed by atoms with Crippen molar-refractivity contribution in [2.75, 3.05) is 0 Å². The quantitative estimate of drug-likeness (QED) is 0.774. The van der Waals surface area contributed by atoms with E-state index < -0.39 is 5.60 Å². The molecule has 1 aromatic heterocycles. The Morgan fingerprint density at radius 2 is 2.15 bits per heavy atom. The van der Waals surface area contributed by atoms with Crippen LogP contribution < -0.4 is 5.32 Å². The van der Waals surface area contributed by atoms with Crippen molar-refractivity contribution < 1.29 is 14.3 Å². The second-order valence-corrected chi connectivity index (χ2v) is 5.84. The zero-order valence-electron chi connectivity index (χ0n) is 12.0. The summed E-state index contributed by atoms with van der Waals surface area (Å²) in [5, 5.41) is 7.09. The van der Waals surface area contributed by atoms with E-state index in [9.17, 15) is 9.59 Å². The number of nitrogens with one attached hydrogen (secondary N) is 1. The van der Waals surface area contributed by atoms with Crippen molar-refractivity contribution >= 4 is 11.9 Å². The number of hydrogen-bond donors (Lipinski definition) is 1. The third-order valence-electron chi connectivity index (χ3n) is 3.87. The summed E-state index contributed by atoms with van der Waals surface area (Å²) in [5.74, 6) is -0.719. The molecule has 2 aliphatic rings. The molecule has 0 spiro atoms. The van der Waals surface area contributed by atoms with Gasteiger partial charge in [-0.3, -0.25) is 9.48 Å². The number of hydrogen-bond acceptors (Lipinski definition) is 4. The van der Waals surface area contributed by atoms with Crippen molar-refractivity contribution in [1.82, 2.24) is 15.1 Å². The molecule has 20 heavy (non-hydrogen) atoms. The van der Waals surface area contributed by atoms with Crippen LogP contribution in [0.2, 0.25) is 0 Å². The van der Waals surface area contributed by atoms with Gasteiger partial charge < -0.3 is 10.1 Å². The largest absolute Gasteiger partial charge is 0.450 e. The fourth-order valence-electron chi connectivity index (χ4n) is 3.00. The van der Waals surface area contributed by atoms with Gasteiger partial charge in [0.1, 0.15) is 5.60 Å². The van der Waals surface area contributed by atoms with Crippen molar-refractivity contribution in [2.45, 2.75) is 38.7 Å². The molecule has 3 rings (SSSR count). The summed E-state index contributed by atoms with van der Waals surface area (Å²) in [4.78, 5) is 24.1. The van der Waals surface area contributed by atoms with Crippen molar-refractivity contribution in [3.63, 3.8) is 0 Å². The Morgan fingerprint density at radius 3 is 2.75 bits per heavy atom. The number of amides is 1. The Labute approximate surface area is 116 Å². The average molecular weight is 275 g/mol. The lowest BCUT2D eigenvalue weighted by Crippen LogP contribution is -2.38. The molecule has 1 N–H and O–H groups in total. The Hall–Kier alpha value is -2.11. The van der Waals surface area contributed by atoms with Crippen LogP contribution in [0.5, 0.6) is 0 Å². The molecule has 1 unspecified atom stereocenters. The number of cyclic esters (lactones) is 1. The van der Waals surface area contributed by atoms with Gasteiger partial charge in [0.2, 0.25) is 5.91 Å². The third kappa shape index (κ3) is 1.75. The lowest BCUT2D eigenvalue weighted by Gasteiger charge is -2.26. The summed E-state index contributed by atoms with van der Waals surface area (Å²) in [6, 6.07) is 0. The van der Waals surface area contributed by atoms with E-state index in [0.29, 0.717) is 11.3 Å².